The molecule has 5 nitrogen and oxygen atoms in total. The molecule has 6 heteroatoms. The van der Waals surface area contributed by atoms with E-state index in [2.05, 4.69) is 20.2 Å². The van der Waals surface area contributed by atoms with E-state index in [1.165, 1.54) is 38.8 Å². The van der Waals surface area contributed by atoms with Crippen LogP contribution in [-0.2, 0) is 11.3 Å². The van der Waals surface area contributed by atoms with Gasteiger partial charge in [0, 0.05) is 31.3 Å². The van der Waals surface area contributed by atoms with E-state index in [1.54, 1.807) is 6.07 Å². The highest BCUT2D eigenvalue weighted by Crippen LogP contribution is 2.28. The quantitative estimate of drug-likeness (QED) is 0.847. The van der Waals surface area contributed by atoms with E-state index in [-0.39, 0.29) is 0 Å². The molecule has 1 aromatic heterocycles. The molecule has 2 saturated heterocycles. The molecule has 0 radical (unpaired) electrons. The number of rotatable bonds is 5. The first-order valence-corrected chi connectivity index (χ1v) is 8.24. The predicted molar refractivity (Wildman–Crippen MR) is 83.6 cm³/mol. The zero-order valence-electron chi connectivity index (χ0n) is 12.5. The third kappa shape index (κ3) is 3.84. The van der Waals surface area contributed by atoms with Crippen LogP contribution < -0.4 is 5.32 Å². The number of nitrogens with one attached hydrogen (secondary N) is 1. The molecule has 0 aliphatic carbocycles. The van der Waals surface area contributed by atoms with Crippen LogP contribution in [-0.4, -0.2) is 46.6 Å². The molecule has 0 spiro atoms. The zero-order valence-corrected chi connectivity index (χ0v) is 13.3. The second-order valence-electron chi connectivity index (χ2n) is 5.83. The van der Waals surface area contributed by atoms with Gasteiger partial charge in [-0.25, -0.2) is 9.97 Å². The van der Waals surface area contributed by atoms with Crippen molar-refractivity contribution in [3.05, 3.63) is 17.0 Å². The van der Waals surface area contributed by atoms with Crippen molar-refractivity contribution in [3.63, 3.8) is 0 Å². The maximum Gasteiger partial charge on any atom is 0.158 e. The van der Waals surface area contributed by atoms with Gasteiger partial charge < -0.3 is 15.0 Å². The number of piperidine rings is 1. The largest absolute Gasteiger partial charge is 0.374 e. The summed E-state index contributed by atoms with van der Waals surface area (Å²) in [6.45, 7) is 5.48. The summed E-state index contributed by atoms with van der Waals surface area (Å²) < 4.78 is 5.36. The van der Waals surface area contributed by atoms with Crippen molar-refractivity contribution in [1.82, 2.24) is 14.9 Å². The number of fused-ring (bicyclic) bond motifs is 1. The molecule has 0 saturated carbocycles. The number of nitrogens with zero attached hydrogens (tertiary/aromatic N) is 3. The lowest BCUT2D eigenvalue weighted by molar-refractivity contribution is 0.128. The van der Waals surface area contributed by atoms with Gasteiger partial charge in [0.25, 0.3) is 0 Å². The molecular formula is C15H23ClN4O. The molecule has 0 amide bonds. The highest BCUT2D eigenvalue weighted by Gasteiger charge is 2.31. The molecule has 3 rings (SSSR count). The molecule has 116 valence electrons. The molecule has 3 heterocycles. The smallest absolute Gasteiger partial charge is 0.158 e. The van der Waals surface area contributed by atoms with Crippen molar-refractivity contribution in [2.24, 2.45) is 0 Å². The van der Waals surface area contributed by atoms with Crippen LogP contribution in [0.4, 0.5) is 5.82 Å². The summed E-state index contributed by atoms with van der Waals surface area (Å²) in [5.41, 5.74) is 0. The SMILES string of the molecule is CCOCc1nc(Cl)cc(NC2CCN3CCCC3C2)n1. The van der Waals surface area contributed by atoms with Gasteiger partial charge in [0.15, 0.2) is 5.82 Å². The third-order valence-corrected chi connectivity index (χ3v) is 4.54. The van der Waals surface area contributed by atoms with Gasteiger partial charge in [-0.15, -0.1) is 0 Å². The van der Waals surface area contributed by atoms with Crippen LogP contribution in [0.5, 0.6) is 0 Å². The Hall–Kier alpha value is -0.910. The number of hydrogen-bond acceptors (Lipinski definition) is 5. The Balaban J connectivity index is 1.62. The molecule has 2 atom stereocenters. The molecule has 0 bridgehead atoms. The average molecular weight is 311 g/mol. The Morgan fingerprint density at radius 2 is 2.29 bits per heavy atom. The number of aromatic nitrogens is 2. The van der Waals surface area contributed by atoms with Gasteiger partial charge in [-0.05, 0) is 39.2 Å². The normalized spacial score (nSPS) is 25.8. The summed E-state index contributed by atoms with van der Waals surface area (Å²) in [4.78, 5) is 11.3. The topological polar surface area (TPSA) is 50.3 Å². The Morgan fingerprint density at radius 3 is 3.14 bits per heavy atom. The first-order chi connectivity index (χ1) is 10.2. The van der Waals surface area contributed by atoms with Crippen molar-refractivity contribution in [3.8, 4) is 0 Å². The van der Waals surface area contributed by atoms with Crippen molar-refractivity contribution in [1.29, 1.82) is 0 Å². The van der Waals surface area contributed by atoms with E-state index in [0.717, 1.165) is 11.9 Å². The fraction of sp³-hybridized carbons (Fsp3) is 0.733. The van der Waals surface area contributed by atoms with Crippen molar-refractivity contribution in [2.75, 3.05) is 25.0 Å². The van der Waals surface area contributed by atoms with Gasteiger partial charge in [-0.1, -0.05) is 11.6 Å². The predicted octanol–water partition coefficient (Wildman–Crippen LogP) is 2.71. The summed E-state index contributed by atoms with van der Waals surface area (Å²) in [6.07, 6.45) is 5.04. The molecular weight excluding hydrogens is 288 g/mol. The van der Waals surface area contributed by atoms with E-state index in [0.29, 0.717) is 30.2 Å². The number of halogens is 1. The minimum Gasteiger partial charge on any atom is -0.374 e. The summed E-state index contributed by atoms with van der Waals surface area (Å²) in [6, 6.07) is 3.03. The Morgan fingerprint density at radius 1 is 1.38 bits per heavy atom. The Labute approximate surface area is 131 Å². The molecule has 2 aliphatic heterocycles. The molecule has 2 aliphatic rings. The van der Waals surface area contributed by atoms with Gasteiger partial charge >= 0.3 is 0 Å². The molecule has 1 N–H and O–H groups in total. The van der Waals surface area contributed by atoms with E-state index in [4.69, 9.17) is 16.3 Å². The van der Waals surface area contributed by atoms with Crippen LogP contribution in [0.3, 0.4) is 0 Å². The van der Waals surface area contributed by atoms with Gasteiger partial charge in [-0.2, -0.15) is 0 Å². The highest BCUT2D eigenvalue weighted by molar-refractivity contribution is 6.29. The van der Waals surface area contributed by atoms with E-state index >= 15 is 0 Å². The monoisotopic (exact) mass is 310 g/mol. The minimum absolute atomic E-state index is 0.410. The molecule has 2 fully saturated rings. The van der Waals surface area contributed by atoms with Crippen LogP contribution in [0.25, 0.3) is 0 Å². The Bertz CT molecular complexity index is 485. The molecule has 2 unspecified atom stereocenters. The van der Waals surface area contributed by atoms with Crippen LogP contribution in [0.1, 0.15) is 38.4 Å². The standard InChI is InChI=1S/C15H23ClN4O/c1-2-21-10-15-18-13(16)9-14(19-15)17-11-5-7-20-6-3-4-12(20)8-11/h9,11-12H,2-8,10H2,1H3,(H,17,18,19). The Kier molecular flexibility index (Phi) is 4.93. The van der Waals surface area contributed by atoms with Gasteiger partial charge in [0.05, 0.1) is 0 Å². The lowest BCUT2D eigenvalue weighted by Gasteiger charge is -2.35. The highest BCUT2D eigenvalue weighted by atomic mass is 35.5. The first kappa shape index (κ1) is 15.0. The summed E-state index contributed by atoms with van der Waals surface area (Å²) in [5.74, 6) is 1.46. The maximum atomic E-state index is 6.08. The molecule has 21 heavy (non-hydrogen) atoms. The molecule has 1 aromatic rings. The summed E-state index contributed by atoms with van der Waals surface area (Å²) in [5, 5.41) is 4.01. The van der Waals surface area contributed by atoms with Crippen molar-refractivity contribution in [2.45, 2.75) is 51.3 Å². The van der Waals surface area contributed by atoms with Gasteiger partial charge in [0.2, 0.25) is 0 Å². The van der Waals surface area contributed by atoms with Crippen LogP contribution in [0.15, 0.2) is 6.07 Å². The zero-order chi connectivity index (χ0) is 14.7. The average Bonchev–Trinajstić information content (AvgIpc) is 2.92. The van der Waals surface area contributed by atoms with Crippen molar-refractivity contribution < 1.29 is 4.74 Å². The van der Waals surface area contributed by atoms with Crippen molar-refractivity contribution >= 4 is 17.4 Å². The minimum atomic E-state index is 0.410. The summed E-state index contributed by atoms with van der Waals surface area (Å²) in [7, 11) is 0. The maximum absolute atomic E-state index is 6.08. The van der Waals surface area contributed by atoms with Crippen LogP contribution in [0.2, 0.25) is 5.15 Å². The number of anilines is 1. The van der Waals surface area contributed by atoms with E-state index in [9.17, 15) is 0 Å². The lowest BCUT2D eigenvalue weighted by Crippen LogP contribution is -2.42. The van der Waals surface area contributed by atoms with Crippen LogP contribution >= 0.6 is 11.6 Å². The summed E-state index contributed by atoms with van der Waals surface area (Å²) >= 11 is 6.08. The second kappa shape index (κ2) is 6.90. The third-order valence-electron chi connectivity index (χ3n) is 4.35. The first-order valence-electron chi connectivity index (χ1n) is 7.86. The molecule has 0 aromatic carbocycles. The van der Waals surface area contributed by atoms with Gasteiger partial charge in [-0.3, -0.25) is 0 Å². The van der Waals surface area contributed by atoms with Gasteiger partial charge in [0.1, 0.15) is 17.6 Å². The second-order valence-corrected chi connectivity index (χ2v) is 6.21. The fourth-order valence-corrected chi connectivity index (χ4v) is 3.56. The number of hydrogen-bond donors (Lipinski definition) is 1. The van der Waals surface area contributed by atoms with E-state index < -0.39 is 0 Å². The van der Waals surface area contributed by atoms with E-state index in [1.807, 2.05) is 6.92 Å². The lowest BCUT2D eigenvalue weighted by atomic mass is 9.97. The number of ether oxygens (including phenoxy) is 1. The van der Waals surface area contributed by atoms with Crippen LogP contribution in [0, 0.1) is 0 Å². The fourth-order valence-electron chi connectivity index (χ4n) is 3.36.